The van der Waals surface area contributed by atoms with Crippen LogP contribution in [0.2, 0.25) is 0 Å². The molecule has 0 unspecified atom stereocenters. The summed E-state index contributed by atoms with van der Waals surface area (Å²) in [6.45, 7) is 9.41. The number of halogens is 1. The number of rotatable bonds is 10. The van der Waals surface area contributed by atoms with Gasteiger partial charge in [0.1, 0.15) is 6.26 Å². The molecule has 0 saturated heterocycles. The van der Waals surface area contributed by atoms with Crippen molar-refractivity contribution in [2.24, 2.45) is 10.9 Å². The van der Waals surface area contributed by atoms with Crippen molar-refractivity contribution in [3.63, 3.8) is 0 Å². The Labute approximate surface area is 185 Å². The van der Waals surface area contributed by atoms with Gasteiger partial charge < -0.3 is 19.8 Å². The van der Waals surface area contributed by atoms with Gasteiger partial charge in [-0.25, -0.2) is 4.98 Å². The second-order valence-electron chi connectivity index (χ2n) is 6.98. The molecule has 0 radical (unpaired) electrons. The summed E-state index contributed by atoms with van der Waals surface area (Å²) in [4.78, 5) is 8.78. The molecule has 2 N–H and O–H groups in total. The number of aryl methyl sites for hydroxylation is 1. The van der Waals surface area contributed by atoms with Gasteiger partial charge in [-0.3, -0.25) is 4.99 Å². The van der Waals surface area contributed by atoms with Gasteiger partial charge in [0.05, 0.1) is 12.3 Å². The van der Waals surface area contributed by atoms with Crippen LogP contribution in [-0.2, 0) is 11.2 Å². The predicted molar refractivity (Wildman–Crippen MR) is 125 cm³/mol. The molecule has 0 aliphatic rings. The number of ether oxygens (including phenoxy) is 1. The molecular formula is C21H33IN4O2. The number of hydrogen-bond acceptors (Lipinski definition) is 4. The smallest absolute Gasteiger partial charge is 0.226 e. The Morgan fingerprint density at radius 3 is 2.54 bits per heavy atom. The Morgan fingerprint density at radius 2 is 1.86 bits per heavy atom. The van der Waals surface area contributed by atoms with E-state index in [0.717, 1.165) is 49.8 Å². The van der Waals surface area contributed by atoms with Crippen molar-refractivity contribution in [1.82, 2.24) is 15.6 Å². The summed E-state index contributed by atoms with van der Waals surface area (Å²) >= 11 is 0. The Hall–Kier alpha value is -1.61. The number of aromatic nitrogens is 1. The fraction of sp³-hybridized carbons (Fsp3) is 0.524. The monoisotopic (exact) mass is 500 g/mol. The summed E-state index contributed by atoms with van der Waals surface area (Å²) in [5.41, 5.74) is 3.14. The first-order valence-electron chi connectivity index (χ1n) is 9.62. The van der Waals surface area contributed by atoms with Crippen molar-refractivity contribution in [1.29, 1.82) is 0 Å². The highest BCUT2D eigenvalue weighted by Gasteiger charge is 2.07. The van der Waals surface area contributed by atoms with Crippen LogP contribution in [0.4, 0.5) is 0 Å². The number of guanidine groups is 1. The molecule has 2 rings (SSSR count). The largest absolute Gasteiger partial charge is 0.444 e. The lowest BCUT2D eigenvalue weighted by Crippen LogP contribution is -2.39. The molecule has 1 aromatic carbocycles. The minimum Gasteiger partial charge on any atom is -0.444 e. The van der Waals surface area contributed by atoms with Crippen LogP contribution >= 0.6 is 24.0 Å². The number of oxazole rings is 1. The van der Waals surface area contributed by atoms with Crippen molar-refractivity contribution in [2.75, 3.05) is 33.4 Å². The molecular weight excluding hydrogens is 467 g/mol. The molecule has 0 saturated carbocycles. The number of aliphatic imine (C=N–C) groups is 1. The molecule has 28 heavy (non-hydrogen) atoms. The van der Waals surface area contributed by atoms with Crippen LogP contribution in [0.1, 0.15) is 31.5 Å². The molecule has 0 aliphatic carbocycles. The van der Waals surface area contributed by atoms with E-state index in [-0.39, 0.29) is 24.0 Å². The maximum absolute atomic E-state index is 5.60. The highest BCUT2D eigenvalue weighted by molar-refractivity contribution is 14.0. The quantitative estimate of drug-likeness (QED) is 0.223. The highest BCUT2D eigenvalue weighted by atomic mass is 127. The van der Waals surface area contributed by atoms with Gasteiger partial charge in [-0.1, -0.05) is 31.5 Å². The number of nitrogens with zero attached hydrogens (tertiary/aromatic N) is 2. The first-order valence-corrected chi connectivity index (χ1v) is 9.62. The van der Waals surface area contributed by atoms with Gasteiger partial charge in [-0.2, -0.15) is 0 Å². The van der Waals surface area contributed by atoms with Gasteiger partial charge in [-0.15, -0.1) is 24.0 Å². The van der Waals surface area contributed by atoms with Crippen molar-refractivity contribution in [3.8, 4) is 11.5 Å². The van der Waals surface area contributed by atoms with E-state index in [4.69, 9.17) is 9.15 Å². The Bertz CT molecular complexity index is 699. The summed E-state index contributed by atoms with van der Waals surface area (Å²) in [6.07, 6.45) is 3.58. The highest BCUT2D eigenvalue weighted by Crippen LogP contribution is 2.19. The Balaban J connectivity index is 0.00000392. The average Bonchev–Trinajstić information content (AvgIpc) is 3.12. The molecule has 0 amide bonds. The maximum atomic E-state index is 5.60. The fourth-order valence-electron chi connectivity index (χ4n) is 2.44. The minimum atomic E-state index is 0. The summed E-state index contributed by atoms with van der Waals surface area (Å²) in [6, 6.07) is 8.17. The normalized spacial score (nSPS) is 11.4. The zero-order valence-corrected chi connectivity index (χ0v) is 19.7. The fourth-order valence-corrected chi connectivity index (χ4v) is 2.44. The molecule has 7 heteroatoms. The first-order chi connectivity index (χ1) is 13.1. The molecule has 0 bridgehead atoms. The topological polar surface area (TPSA) is 71.7 Å². The van der Waals surface area contributed by atoms with Crippen LogP contribution in [0.3, 0.4) is 0 Å². The van der Waals surface area contributed by atoms with Gasteiger partial charge in [0, 0.05) is 38.7 Å². The number of hydrogen-bond donors (Lipinski definition) is 2. The zero-order valence-electron chi connectivity index (χ0n) is 17.3. The van der Waals surface area contributed by atoms with E-state index in [0.29, 0.717) is 18.4 Å². The van der Waals surface area contributed by atoms with E-state index in [1.807, 2.05) is 12.1 Å². The lowest BCUT2D eigenvalue weighted by Gasteiger charge is -2.12. The molecule has 6 nitrogen and oxygen atoms in total. The van der Waals surface area contributed by atoms with Crippen molar-refractivity contribution in [2.45, 2.75) is 33.6 Å². The summed E-state index contributed by atoms with van der Waals surface area (Å²) < 4.78 is 11.2. The Kier molecular flexibility index (Phi) is 11.8. The molecule has 1 heterocycles. The van der Waals surface area contributed by atoms with Gasteiger partial charge >= 0.3 is 0 Å². The van der Waals surface area contributed by atoms with Crippen molar-refractivity contribution in [3.05, 3.63) is 41.8 Å². The van der Waals surface area contributed by atoms with E-state index in [1.165, 1.54) is 5.56 Å². The standard InChI is InChI=1S/C21H32N4O2.HI/c1-16(2)10-13-26-14-12-24-21(22-4)23-11-9-19-15-27-20(25-19)18-7-5-17(3)6-8-18;/h5-8,15-16H,9-14H2,1-4H3,(H2,22,23,24);1H. The Morgan fingerprint density at radius 1 is 1.14 bits per heavy atom. The average molecular weight is 500 g/mol. The maximum Gasteiger partial charge on any atom is 0.226 e. The lowest BCUT2D eigenvalue weighted by molar-refractivity contribution is 0.128. The minimum absolute atomic E-state index is 0. The van der Waals surface area contributed by atoms with Crippen LogP contribution in [0.5, 0.6) is 0 Å². The third-order valence-electron chi connectivity index (χ3n) is 4.13. The SMILES string of the molecule is CN=C(NCCOCCC(C)C)NCCc1coc(-c2ccc(C)cc2)n1.I. The first kappa shape index (κ1) is 24.4. The van der Waals surface area contributed by atoms with E-state index in [2.05, 4.69) is 53.5 Å². The van der Waals surface area contributed by atoms with Gasteiger partial charge in [0.15, 0.2) is 5.96 Å². The second-order valence-corrected chi connectivity index (χ2v) is 6.98. The van der Waals surface area contributed by atoms with E-state index >= 15 is 0 Å². The van der Waals surface area contributed by atoms with Crippen LogP contribution in [0.25, 0.3) is 11.5 Å². The third-order valence-corrected chi connectivity index (χ3v) is 4.13. The number of nitrogens with one attached hydrogen (secondary N) is 2. The summed E-state index contributed by atoms with van der Waals surface area (Å²) in [7, 11) is 1.76. The molecule has 0 fully saturated rings. The third kappa shape index (κ3) is 9.05. The van der Waals surface area contributed by atoms with Crippen LogP contribution in [-0.4, -0.2) is 44.3 Å². The van der Waals surface area contributed by atoms with Crippen LogP contribution < -0.4 is 10.6 Å². The molecule has 0 atom stereocenters. The number of benzene rings is 1. The van der Waals surface area contributed by atoms with Gasteiger partial charge in [-0.05, 0) is 31.4 Å². The van der Waals surface area contributed by atoms with E-state index in [1.54, 1.807) is 13.3 Å². The van der Waals surface area contributed by atoms with Crippen molar-refractivity contribution < 1.29 is 9.15 Å². The van der Waals surface area contributed by atoms with Crippen molar-refractivity contribution >= 4 is 29.9 Å². The molecule has 2 aromatic rings. The molecule has 156 valence electrons. The molecule has 1 aromatic heterocycles. The van der Waals surface area contributed by atoms with Gasteiger partial charge in [0.2, 0.25) is 5.89 Å². The summed E-state index contributed by atoms with van der Waals surface area (Å²) in [5, 5.41) is 6.54. The summed E-state index contributed by atoms with van der Waals surface area (Å²) in [5.74, 6) is 2.10. The van der Waals surface area contributed by atoms with E-state index in [9.17, 15) is 0 Å². The molecule has 0 spiro atoms. The van der Waals surface area contributed by atoms with Crippen LogP contribution in [0.15, 0.2) is 39.9 Å². The zero-order chi connectivity index (χ0) is 19.5. The predicted octanol–water partition coefficient (Wildman–Crippen LogP) is 4.04. The van der Waals surface area contributed by atoms with E-state index < -0.39 is 0 Å². The van der Waals surface area contributed by atoms with Crippen LogP contribution in [0, 0.1) is 12.8 Å². The lowest BCUT2D eigenvalue weighted by atomic mass is 10.1. The second kappa shape index (κ2) is 13.5. The van der Waals surface area contributed by atoms with Gasteiger partial charge in [0.25, 0.3) is 0 Å². The molecule has 0 aliphatic heterocycles.